The molecule has 0 bridgehead atoms. The summed E-state index contributed by atoms with van der Waals surface area (Å²) >= 11 is 0. The number of carbonyl (C=O) groups excluding carboxylic acids is 1. The van der Waals surface area contributed by atoms with Crippen LogP contribution >= 0.6 is 0 Å². The zero-order valence-corrected chi connectivity index (χ0v) is 11.1. The zero-order chi connectivity index (χ0) is 15.7. The molecule has 1 aromatic heterocycles. The fraction of sp³-hybridized carbons (Fsp3) is 0.231. The minimum atomic E-state index is -1.82. The molecule has 0 amide bonds. The van der Waals surface area contributed by atoms with Gasteiger partial charge in [-0.3, -0.25) is 0 Å². The lowest BCUT2D eigenvalue weighted by Crippen LogP contribution is -2.16. The Hall–Kier alpha value is -2.38. The van der Waals surface area contributed by atoms with Gasteiger partial charge in [0.1, 0.15) is 11.3 Å². The smallest absolute Gasteiger partial charge is 0.344 e. The summed E-state index contributed by atoms with van der Waals surface area (Å²) in [5.74, 6) is -8.57. The lowest BCUT2D eigenvalue weighted by atomic mass is 10.1. The fourth-order valence-corrected chi connectivity index (χ4v) is 1.74. The van der Waals surface area contributed by atoms with E-state index in [0.29, 0.717) is 10.2 Å². The molecule has 0 saturated carbocycles. The Morgan fingerprint density at radius 1 is 1.19 bits per heavy atom. The molecule has 0 atom stereocenters. The number of aromatic nitrogens is 2. The molecule has 8 heteroatoms. The van der Waals surface area contributed by atoms with Crippen molar-refractivity contribution in [3.63, 3.8) is 0 Å². The van der Waals surface area contributed by atoms with Crippen LogP contribution in [0.1, 0.15) is 22.8 Å². The van der Waals surface area contributed by atoms with Crippen molar-refractivity contribution in [1.82, 2.24) is 9.78 Å². The van der Waals surface area contributed by atoms with Gasteiger partial charge in [0.15, 0.2) is 23.3 Å². The quantitative estimate of drug-likeness (QED) is 0.497. The molecule has 2 rings (SSSR count). The second-order valence-electron chi connectivity index (χ2n) is 4.16. The van der Waals surface area contributed by atoms with E-state index >= 15 is 0 Å². The fourth-order valence-electron chi connectivity index (χ4n) is 1.74. The van der Waals surface area contributed by atoms with Gasteiger partial charge in [0.25, 0.3) is 0 Å². The van der Waals surface area contributed by atoms with Crippen molar-refractivity contribution in [2.75, 3.05) is 6.61 Å². The summed E-state index contributed by atoms with van der Waals surface area (Å²) in [5, 5.41) is 3.59. The molecule has 0 aliphatic rings. The Bertz CT molecular complexity index is 683. The summed E-state index contributed by atoms with van der Waals surface area (Å²) in [6.45, 7) is 2.78. The van der Waals surface area contributed by atoms with Crippen molar-refractivity contribution in [2.24, 2.45) is 0 Å². The summed E-state index contributed by atoms with van der Waals surface area (Å²) in [6.07, 6.45) is 2.44. The van der Waals surface area contributed by atoms with Gasteiger partial charge in [-0.05, 0) is 19.4 Å². The normalized spacial score (nSPS) is 10.8. The summed E-state index contributed by atoms with van der Waals surface area (Å²) < 4.78 is 60.6. The number of benzene rings is 1. The third-order valence-corrected chi connectivity index (χ3v) is 2.66. The number of esters is 1. The first-order valence-corrected chi connectivity index (χ1v) is 5.93. The predicted molar refractivity (Wildman–Crippen MR) is 64.1 cm³/mol. The highest BCUT2D eigenvalue weighted by Crippen LogP contribution is 2.27. The maximum absolute atomic E-state index is 13.9. The average molecular weight is 302 g/mol. The third-order valence-electron chi connectivity index (χ3n) is 2.66. The standard InChI is InChI=1S/C13H10F4N2O2/c1-3-21-13(20)7-8(14)10(16)12(11(17)9(7)15)19-5-6(2)4-18-19/h4-5H,3H2,1-2H3. The number of carbonyl (C=O) groups is 1. The van der Waals surface area contributed by atoms with Crippen LogP contribution in [-0.2, 0) is 4.74 Å². The van der Waals surface area contributed by atoms with Gasteiger partial charge in [0.05, 0.1) is 12.8 Å². The van der Waals surface area contributed by atoms with Crippen molar-refractivity contribution in [1.29, 1.82) is 0 Å². The maximum Gasteiger partial charge on any atom is 0.344 e. The lowest BCUT2D eigenvalue weighted by Gasteiger charge is -2.11. The largest absolute Gasteiger partial charge is 0.462 e. The van der Waals surface area contributed by atoms with E-state index in [4.69, 9.17) is 0 Å². The van der Waals surface area contributed by atoms with Crippen LogP contribution < -0.4 is 0 Å². The van der Waals surface area contributed by atoms with Crippen LogP contribution in [0.25, 0.3) is 5.69 Å². The second kappa shape index (κ2) is 5.55. The lowest BCUT2D eigenvalue weighted by molar-refractivity contribution is 0.0512. The highest BCUT2D eigenvalue weighted by Gasteiger charge is 2.31. The van der Waals surface area contributed by atoms with Crippen LogP contribution in [0.3, 0.4) is 0 Å². The Balaban J connectivity index is 2.69. The van der Waals surface area contributed by atoms with Crippen LogP contribution in [0.15, 0.2) is 12.4 Å². The highest BCUT2D eigenvalue weighted by atomic mass is 19.2. The molecule has 0 fully saturated rings. The second-order valence-corrected chi connectivity index (χ2v) is 4.16. The van der Waals surface area contributed by atoms with Gasteiger partial charge >= 0.3 is 5.97 Å². The van der Waals surface area contributed by atoms with Crippen LogP contribution in [0, 0.1) is 30.2 Å². The van der Waals surface area contributed by atoms with E-state index in [2.05, 4.69) is 9.84 Å². The predicted octanol–water partition coefficient (Wildman–Crippen LogP) is 2.91. The van der Waals surface area contributed by atoms with Crippen molar-refractivity contribution < 1.29 is 27.1 Å². The highest BCUT2D eigenvalue weighted by molar-refractivity contribution is 5.90. The Morgan fingerprint density at radius 3 is 2.19 bits per heavy atom. The molecule has 1 heterocycles. The van der Waals surface area contributed by atoms with E-state index in [-0.39, 0.29) is 6.61 Å². The summed E-state index contributed by atoms with van der Waals surface area (Å²) in [4.78, 5) is 11.4. The Labute approximate surface area is 116 Å². The Morgan fingerprint density at radius 2 is 1.76 bits per heavy atom. The number of ether oxygens (including phenoxy) is 1. The average Bonchev–Trinajstić information content (AvgIpc) is 2.84. The first-order valence-electron chi connectivity index (χ1n) is 5.93. The molecule has 0 saturated heterocycles. The van der Waals surface area contributed by atoms with Gasteiger partial charge in [0.2, 0.25) is 0 Å². The summed E-state index contributed by atoms with van der Waals surface area (Å²) in [7, 11) is 0. The molecule has 0 unspecified atom stereocenters. The third kappa shape index (κ3) is 2.48. The van der Waals surface area contributed by atoms with Crippen LogP contribution in [0.5, 0.6) is 0 Å². The zero-order valence-electron chi connectivity index (χ0n) is 11.1. The first kappa shape index (κ1) is 15.0. The SMILES string of the molecule is CCOC(=O)c1c(F)c(F)c(-n2cc(C)cn2)c(F)c1F. The van der Waals surface area contributed by atoms with Gasteiger partial charge in [0, 0.05) is 6.20 Å². The van der Waals surface area contributed by atoms with Crippen molar-refractivity contribution >= 4 is 5.97 Å². The van der Waals surface area contributed by atoms with E-state index in [1.54, 1.807) is 6.92 Å². The van der Waals surface area contributed by atoms with Gasteiger partial charge in [-0.1, -0.05) is 0 Å². The van der Waals surface area contributed by atoms with Gasteiger partial charge in [-0.25, -0.2) is 27.0 Å². The van der Waals surface area contributed by atoms with E-state index < -0.39 is 40.5 Å². The molecule has 0 aliphatic carbocycles. The van der Waals surface area contributed by atoms with Crippen LogP contribution in [0.2, 0.25) is 0 Å². The number of rotatable bonds is 3. The van der Waals surface area contributed by atoms with Crippen molar-refractivity contribution in [3.05, 3.63) is 46.8 Å². The maximum atomic E-state index is 13.9. The van der Waals surface area contributed by atoms with Gasteiger partial charge in [-0.2, -0.15) is 5.10 Å². The molecule has 0 N–H and O–H groups in total. The number of hydrogen-bond donors (Lipinski definition) is 0. The molecule has 21 heavy (non-hydrogen) atoms. The van der Waals surface area contributed by atoms with E-state index in [1.807, 2.05) is 0 Å². The summed E-state index contributed by atoms with van der Waals surface area (Å²) in [5.41, 5.74) is -1.91. The number of nitrogens with zero attached hydrogens (tertiary/aromatic N) is 2. The van der Waals surface area contributed by atoms with Gasteiger partial charge in [-0.15, -0.1) is 0 Å². The number of hydrogen-bond acceptors (Lipinski definition) is 3. The molecule has 4 nitrogen and oxygen atoms in total. The molecule has 0 aliphatic heterocycles. The van der Waals surface area contributed by atoms with Crippen LogP contribution in [0.4, 0.5) is 17.6 Å². The monoisotopic (exact) mass is 302 g/mol. The molecule has 1 aromatic carbocycles. The topological polar surface area (TPSA) is 44.1 Å². The molecule has 2 aromatic rings. The molecule has 112 valence electrons. The molecule has 0 spiro atoms. The minimum Gasteiger partial charge on any atom is -0.462 e. The van der Waals surface area contributed by atoms with E-state index in [0.717, 1.165) is 0 Å². The molecule has 0 radical (unpaired) electrons. The first-order chi connectivity index (χ1) is 9.88. The van der Waals surface area contributed by atoms with Crippen molar-refractivity contribution in [2.45, 2.75) is 13.8 Å². The van der Waals surface area contributed by atoms with Crippen molar-refractivity contribution in [3.8, 4) is 5.69 Å². The van der Waals surface area contributed by atoms with Gasteiger partial charge < -0.3 is 4.74 Å². The molecular formula is C13H10F4N2O2. The number of aryl methyl sites for hydroxylation is 1. The van der Waals surface area contributed by atoms with E-state index in [1.165, 1.54) is 19.3 Å². The van der Waals surface area contributed by atoms with Crippen LogP contribution in [-0.4, -0.2) is 22.4 Å². The van der Waals surface area contributed by atoms with E-state index in [9.17, 15) is 22.4 Å². The summed E-state index contributed by atoms with van der Waals surface area (Å²) in [6, 6.07) is 0. The minimum absolute atomic E-state index is 0.193. The Kier molecular flexibility index (Phi) is 3.97. The molecular weight excluding hydrogens is 292 g/mol. The number of halogens is 4.